The summed E-state index contributed by atoms with van der Waals surface area (Å²) in [4.78, 5) is 13.5. The molecule has 2 rings (SSSR count). The van der Waals surface area contributed by atoms with Gasteiger partial charge in [0.15, 0.2) is 0 Å². The van der Waals surface area contributed by atoms with E-state index in [2.05, 4.69) is 4.72 Å². The molecule has 0 aliphatic carbocycles. The van der Waals surface area contributed by atoms with Crippen LogP contribution in [0.15, 0.2) is 18.2 Å². The molecule has 1 aromatic rings. The van der Waals surface area contributed by atoms with E-state index in [1.807, 2.05) is 25.1 Å². The Balaban J connectivity index is 2.00. The lowest BCUT2D eigenvalue weighted by molar-refractivity contribution is -0.118. The number of carbonyl (C=O) groups is 1. The maximum absolute atomic E-state index is 11.9. The van der Waals surface area contributed by atoms with Crippen molar-refractivity contribution >= 4 is 21.6 Å². The van der Waals surface area contributed by atoms with Gasteiger partial charge in [0.1, 0.15) is 5.75 Å². The summed E-state index contributed by atoms with van der Waals surface area (Å²) >= 11 is 0. The van der Waals surface area contributed by atoms with Crippen LogP contribution in [0.25, 0.3) is 0 Å². The van der Waals surface area contributed by atoms with Crippen molar-refractivity contribution in [1.29, 1.82) is 0 Å². The molecule has 1 N–H and O–H groups in total. The largest absolute Gasteiger partial charge is 0.491 e. The molecule has 0 fully saturated rings. The van der Waals surface area contributed by atoms with Crippen LogP contribution >= 0.6 is 0 Å². The predicted molar refractivity (Wildman–Crippen MR) is 90.4 cm³/mol. The molecule has 7 heteroatoms. The molecular formula is C16H24N2O4S. The fraction of sp³-hybridized carbons (Fsp3) is 0.562. The Morgan fingerprint density at radius 1 is 1.35 bits per heavy atom. The number of ether oxygens (including phenoxy) is 1. The van der Waals surface area contributed by atoms with Crippen molar-refractivity contribution in [1.82, 2.24) is 4.72 Å². The van der Waals surface area contributed by atoms with Gasteiger partial charge in [-0.25, -0.2) is 13.1 Å². The van der Waals surface area contributed by atoms with Crippen LogP contribution in [0.2, 0.25) is 0 Å². The number of anilines is 1. The molecule has 0 aromatic heterocycles. The topological polar surface area (TPSA) is 75.7 Å². The lowest BCUT2D eigenvalue weighted by Gasteiger charge is -2.17. The van der Waals surface area contributed by atoms with Gasteiger partial charge in [0, 0.05) is 13.6 Å². The lowest BCUT2D eigenvalue weighted by atomic mass is 10.1. The third-order valence-electron chi connectivity index (χ3n) is 3.83. The van der Waals surface area contributed by atoms with Gasteiger partial charge in [-0.15, -0.1) is 0 Å². The Labute approximate surface area is 137 Å². The molecule has 0 spiro atoms. The average Bonchev–Trinajstić information content (AvgIpc) is 2.65. The van der Waals surface area contributed by atoms with Crippen LogP contribution in [0.3, 0.4) is 0 Å². The molecule has 1 aliphatic heterocycles. The highest BCUT2D eigenvalue weighted by atomic mass is 32.2. The van der Waals surface area contributed by atoms with E-state index in [1.165, 1.54) is 0 Å². The van der Waals surface area contributed by atoms with Gasteiger partial charge in [-0.1, -0.05) is 19.4 Å². The highest BCUT2D eigenvalue weighted by molar-refractivity contribution is 7.89. The maximum atomic E-state index is 11.9. The third-order valence-corrected chi connectivity index (χ3v) is 5.30. The van der Waals surface area contributed by atoms with Crippen molar-refractivity contribution in [3.8, 4) is 5.75 Å². The third kappa shape index (κ3) is 4.94. The lowest BCUT2D eigenvalue weighted by Crippen LogP contribution is -2.28. The first-order valence-corrected chi connectivity index (χ1v) is 9.58. The number of fused-ring (bicyclic) bond motifs is 1. The Hall–Kier alpha value is -1.60. The Morgan fingerprint density at radius 3 is 2.87 bits per heavy atom. The zero-order valence-corrected chi connectivity index (χ0v) is 14.5. The zero-order chi connectivity index (χ0) is 16.9. The second kappa shape index (κ2) is 7.79. The molecule has 128 valence electrons. The second-order valence-corrected chi connectivity index (χ2v) is 7.60. The average molecular weight is 340 g/mol. The molecule has 23 heavy (non-hydrogen) atoms. The number of sulfonamides is 1. The summed E-state index contributed by atoms with van der Waals surface area (Å²) in [5.41, 5.74) is 1.70. The number of nitrogens with one attached hydrogen (secondary N) is 1. The van der Waals surface area contributed by atoms with Gasteiger partial charge in [-0.2, -0.15) is 0 Å². The summed E-state index contributed by atoms with van der Waals surface area (Å²) in [6.07, 6.45) is 2.45. The highest BCUT2D eigenvalue weighted by Gasteiger charge is 2.20. The SMILES string of the molecule is CCCCS(=O)(=O)NCCc1ccc2c(c1)N(C)C(=O)CCO2. The zero-order valence-electron chi connectivity index (χ0n) is 13.7. The number of hydrogen-bond donors (Lipinski definition) is 1. The number of benzene rings is 1. The summed E-state index contributed by atoms with van der Waals surface area (Å²) in [7, 11) is -1.47. The summed E-state index contributed by atoms with van der Waals surface area (Å²) in [6, 6.07) is 5.63. The first-order chi connectivity index (χ1) is 10.9. The summed E-state index contributed by atoms with van der Waals surface area (Å²) in [5.74, 6) is 0.866. The fourth-order valence-electron chi connectivity index (χ4n) is 2.41. The van der Waals surface area contributed by atoms with Gasteiger partial charge in [0.05, 0.1) is 24.5 Å². The number of hydrogen-bond acceptors (Lipinski definition) is 4. The minimum absolute atomic E-state index is 0.0150. The van der Waals surface area contributed by atoms with E-state index < -0.39 is 10.0 Å². The van der Waals surface area contributed by atoms with Gasteiger partial charge >= 0.3 is 0 Å². The highest BCUT2D eigenvalue weighted by Crippen LogP contribution is 2.31. The number of nitrogens with zero attached hydrogens (tertiary/aromatic N) is 1. The van der Waals surface area contributed by atoms with E-state index in [1.54, 1.807) is 11.9 Å². The van der Waals surface area contributed by atoms with Gasteiger partial charge in [0.25, 0.3) is 0 Å². The molecule has 6 nitrogen and oxygen atoms in total. The number of amides is 1. The van der Waals surface area contributed by atoms with E-state index in [0.29, 0.717) is 38.2 Å². The minimum atomic E-state index is -3.20. The van der Waals surface area contributed by atoms with E-state index in [4.69, 9.17) is 4.74 Å². The van der Waals surface area contributed by atoms with E-state index >= 15 is 0 Å². The summed E-state index contributed by atoms with van der Waals surface area (Å²) in [5, 5.41) is 0. The van der Waals surface area contributed by atoms with E-state index in [0.717, 1.165) is 17.7 Å². The Kier molecular flexibility index (Phi) is 6.01. The molecular weight excluding hydrogens is 316 g/mol. The van der Waals surface area contributed by atoms with Gasteiger partial charge in [-0.05, 0) is 30.5 Å². The molecule has 0 saturated carbocycles. The van der Waals surface area contributed by atoms with Gasteiger partial charge in [-0.3, -0.25) is 4.79 Å². The fourth-order valence-corrected chi connectivity index (χ4v) is 3.64. The number of unbranched alkanes of at least 4 members (excludes halogenated alkanes) is 1. The Morgan fingerprint density at radius 2 is 2.13 bits per heavy atom. The smallest absolute Gasteiger partial charge is 0.230 e. The van der Waals surface area contributed by atoms with Gasteiger partial charge in [0.2, 0.25) is 15.9 Å². The van der Waals surface area contributed by atoms with Crippen molar-refractivity contribution in [2.24, 2.45) is 0 Å². The normalized spacial score (nSPS) is 15.0. The van der Waals surface area contributed by atoms with Crippen molar-refractivity contribution < 1.29 is 17.9 Å². The molecule has 0 bridgehead atoms. The van der Waals surface area contributed by atoms with Crippen LogP contribution in [0.4, 0.5) is 5.69 Å². The predicted octanol–water partition coefficient (Wildman–Crippen LogP) is 1.69. The first-order valence-electron chi connectivity index (χ1n) is 7.92. The molecule has 0 radical (unpaired) electrons. The second-order valence-electron chi connectivity index (χ2n) is 5.67. The standard InChI is InChI=1S/C16H24N2O4S/c1-3-4-11-23(20,21)17-9-7-13-5-6-15-14(12-13)18(2)16(19)8-10-22-15/h5-6,12,17H,3-4,7-11H2,1-2H3. The summed E-state index contributed by atoms with van der Waals surface area (Å²) in [6.45, 7) is 2.70. The maximum Gasteiger partial charge on any atom is 0.230 e. The van der Waals surface area contributed by atoms with Crippen molar-refractivity contribution in [2.45, 2.75) is 32.6 Å². The van der Waals surface area contributed by atoms with Crippen LogP contribution in [0.1, 0.15) is 31.7 Å². The Bertz CT molecular complexity index is 658. The molecule has 1 heterocycles. The van der Waals surface area contributed by atoms with Crippen LogP contribution in [0, 0.1) is 0 Å². The molecule has 1 aromatic carbocycles. The molecule has 0 saturated heterocycles. The first kappa shape index (κ1) is 17.7. The van der Waals surface area contributed by atoms with Gasteiger partial charge < -0.3 is 9.64 Å². The number of carbonyl (C=O) groups excluding carboxylic acids is 1. The molecule has 1 aliphatic rings. The van der Waals surface area contributed by atoms with E-state index in [-0.39, 0.29) is 11.7 Å². The van der Waals surface area contributed by atoms with Crippen LogP contribution < -0.4 is 14.4 Å². The van der Waals surface area contributed by atoms with Crippen LogP contribution in [0.5, 0.6) is 5.75 Å². The summed E-state index contributed by atoms with van der Waals surface area (Å²) < 4.78 is 31.7. The number of rotatable bonds is 7. The minimum Gasteiger partial charge on any atom is -0.491 e. The quantitative estimate of drug-likeness (QED) is 0.820. The van der Waals surface area contributed by atoms with E-state index in [9.17, 15) is 13.2 Å². The van der Waals surface area contributed by atoms with Crippen LogP contribution in [-0.2, 0) is 21.2 Å². The van der Waals surface area contributed by atoms with Crippen molar-refractivity contribution in [3.63, 3.8) is 0 Å². The van der Waals surface area contributed by atoms with Crippen LogP contribution in [-0.4, -0.2) is 40.3 Å². The monoisotopic (exact) mass is 340 g/mol. The molecule has 0 atom stereocenters. The molecule has 0 unspecified atom stereocenters. The van der Waals surface area contributed by atoms with Crippen molar-refractivity contribution in [3.05, 3.63) is 23.8 Å². The molecule has 1 amide bonds. The van der Waals surface area contributed by atoms with Crippen molar-refractivity contribution in [2.75, 3.05) is 30.9 Å².